The summed E-state index contributed by atoms with van der Waals surface area (Å²) in [6.45, 7) is 2.99. The zero-order valence-electron chi connectivity index (χ0n) is 8.85. The molecule has 1 rings (SSSR count). The average Bonchev–Trinajstić information content (AvgIpc) is 2.13. The summed E-state index contributed by atoms with van der Waals surface area (Å²) in [7, 11) is 0. The lowest BCUT2D eigenvalue weighted by Crippen LogP contribution is -2.26. The Morgan fingerprint density at radius 2 is 1.88 bits per heavy atom. The average molecular weight is 249 g/mol. The Morgan fingerprint density at radius 1 is 1.38 bits per heavy atom. The van der Waals surface area contributed by atoms with Crippen molar-refractivity contribution in [3.63, 3.8) is 0 Å². The van der Waals surface area contributed by atoms with E-state index in [1.807, 2.05) is 0 Å². The molecule has 0 aliphatic heterocycles. The predicted molar refractivity (Wildman–Crippen MR) is 56.5 cm³/mol. The third kappa shape index (κ3) is 2.70. The summed E-state index contributed by atoms with van der Waals surface area (Å²) < 4.78 is 25.7. The van der Waals surface area contributed by atoms with Crippen molar-refractivity contribution in [1.82, 2.24) is 0 Å². The standard InChI is InChI=1S/C11H11ClF2O2/c1-11(2,10(15)16)5-6-3-8(13)9(14)4-7(6)12/h3-4H,5H2,1-2H3,(H,15,16). The molecule has 5 heteroatoms. The monoisotopic (exact) mass is 248 g/mol. The molecule has 0 saturated carbocycles. The Hall–Kier alpha value is -1.16. The minimum atomic E-state index is -1.08. The Morgan fingerprint density at radius 3 is 2.38 bits per heavy atom. The second kappa shape index (κ2) is 4.37. The summed E-state index contributed by atoms with van der Waals surface area (Å²) in [4.78, 5) is 10.9. The molecule has 0 fully saturated rings. The fourth-order valence-electron chi connectivity index (χ4n) is 1.25. The van der Waals surface area contributed by atoms with E-state index in [1.165, 1.54) is 13.8 Å². The number of hydrogen-bond acceptors (Lipinski definition) is 1. The minimum Gasteiger partial charge on any atom is -0.481 e. The molecule has 0 unspecified atom stereocenters. The Labute approximate surface area is 96.8 Å². The van der Waals surface area contributed by atoms with Crippen LogP contribution in [0.15, 0.2) is 12.1 Å². The zero-order valence-corrected chi connectivity index (χ0v) is 9.61. The van der Waals surface area contributed by atoms with E-state index in [0.717, 1.165) is 12.1 Å². The van der Waals surface area contributed by atoms with Gasteiger partial charge >= 0.3 is 5.97 Å². The van der Waals surface area contributed by atoms with Gasteiger partial charge in [0, 0.05) is 5.02 Å². The number of carboxylic acid groups (broad SMARTS) is 1. The van der Waals surface area contributed by atoms with Crippen LogP contribution >= 0.6 is 11.6 Å². The van der Waals surface area contributed by atoms with Gasteiger partial charge in [-0.2, -0.15) is 0 Å². The number of carbonyl (C=O) groups is 1. The summed E-state index contributed by atoms with van der Waals surface area (Å²) in [5.41, 5.74) is -0.790. The molecule has 0 atom stereocenters. The summed E-state index contributed by atoms with van der Waals surface area (Å²) in [6, 6.07) is 1.78. The third-order valence-electron chi connectivity index (χ3n) is 2.30. The Kier molecular flexibility index (Phi) is 3.53. The van der Waals surface area contributed by atoms with Gasteiger partial charge in [-0.25, -0.2) is 8.78 Å². The van der Waals surface area contributed by atoms with E-state index in [0.29, 0.717) is 0 Å². The van der Waals surface area contributed by atoms with Crippen molar-refractivity contribution in [3.8, 4) is 0 Å². The first-order chi connectivity index (χ1) is 7.24. The van der Waals surface area contributed by atoms with Gasteiger partial charge < -0.3 is 5.11 Å². The van der Waals surface area contributed by atoms with Crippen LogP contribution in [0.3, 0.4) is 0 Å². The van der Waals surface area contributed by atoms with Crippen LogP contribution in [0.25, 0.3) is 0 Å². The molecule has 0 heterocycles. The molecule has 0 aromatic heterocycles. The lowest BCUT2D eigenvalue weighted by Gasteiger charge is -2.19. The lowest BCUT2D eigenvalue weighted by molar-refractivity contribution is -0.146. The Bertz CT molecular complexity index is 430. The van der Waals surface area contributed by atoms with E-state index in [9.17, 15) is 13.6 Å². The summed E-state index contributed by atoms with van der Waals surface area (Å²) >= 11 is 5.71. The molecule has 0 aliphatic carbocycles. The zero-order chi connectivity index (χ0) is 12.5. The quantitative estimate of drug-likeness (QED) is 0.834. The van der Waals surface area contributed by atoms with E-state index >= 15 is 0 Å². The van der Waals surface area contributed by atoms with Gasteiger partial charge in [0.2, 0.25) is 0 Å². The van der Waals surface area contributed by atoms with E-state index in [2.05, 4.69) is 0 Å². The number of carboxylic acids is 1. The van der Waals surface area contributed by atoms with Crippen molar-refractivity contribution in [2.45, 2.75) is 20.3 Å². The molecule has 2 nitrogen and oxygen atoms in total. The molecule has 88 valence electrons. The number of halogens is 3. The summed E-state index contributed by atoms with van der Waals surface area (Å²) in [6.07, 6.45) is 0.0400. The van der Waals surface area contributed by atoms with Gasteiger partial charge in [0.1, 0.15) is 0 Å². The first-order valence-electron chi connectivity index (χ1n) is 4.61. The van der Waals surface area contributed by atoms with Crippen LogP contribution in [-0.2, 0) is 11.2 Å². The highest BCUT2D eigenvalue weighted by Crippen LogP contribution is 2.28. The molecule has 0 aliphatic rings. The fraction of sp³-hybridized carbons (Fsp3) is 0.364. The van der Waals surface area contributed by atoms with Crippen LogP contribution in [0.4, 0.5) is 8.78 Å². The lowest BCUT2D eigenvalue weighted by atomic mass is 9.86. The third-order valence-corrected chi connectivity index (χ3v) is 2.65. The number of rotatable bonds is 3. The Balaban J connectivity index is 3.07. The van der Waals surface area contributed by atoms with Gasteiger partial charge in [0.15, 0.2) is 11.6 Å². The van der Waals surface area contributed by atoms with Gasteiger partial charge in [0.05, 0.1) is 5.41 Å². The fourth-order valence-corrected chi connectivity index (χ4v) is 1.47. The topological polar surface area (TPSA) is 37.3 Å². The van der Waals surface area contributed by atoms with Gasteiger partial charge in [-0.15, -0.1) is 0 Å². The summed E-state index contributed by atoms with van der Waals surface area (Å²) in [5.74, 6) is -3.09. The summed E-state index contributed by atoms with van der Waals surface area (Å²) in [5, 5.41) is 8.94. The number of hydrogen-bond donors (Lipinski definition) is 1. The molecule has 0 spiro atoms. The molecule has 0 bridgehead atoms. The van der Waals surface area contributed by atoms with Crippen molar-refractivity contribution in [2.75, 3.05) is 0 Å². The maximum absolute atomic E-state index is 13.0. The van der Waals surface area contributed by atoms with Crippen LogP contribution in [0.5, 0.6) is 0 Å². The van der Waals surface area contributed by atoms with Crippen LogP contribution in [0.1, 0.15) is 19.4 Å². The first-order valence-corrected chi connectivity index (χ1v) is 4.98. The molecular weight excluding hydrogens is 238 g/mol. The van der Waals surface area contributed by atoms with E-state index in [4.69, 9.17) is 16.7 Å². The highest BCUT2D eigenvalue weighted by molar-refractivity contribution is 6.31. The van der Waals surface area contributed by atoms with Gasteiger partial charge in [0.25, 0.3) is 0 Å². The molecule has 1 aromatic carbocycles. The SMILES string of the molecule is CC(C)(Cc1cc(F)c(F)cc1Cl)C(=O)O. The molecule has 1 N–H and O–H groups in total. The van der Waals surface area contributed by atoms with E-state index < -0.39 is 23.0 Å². The highest BCUT2D eigenvalue weighted by Gasteiger charge is 2.28. The van der Waals surface area contributed by atoms with Crippen LogP contribution < -0.4 is 0 Å². The molecule has 16 heavy (non-hydrogen) atoms. The number of aliphatic carboxylic acids is 1. The minimum absolute atomic E-state index is 0.0354. The van der Waals surface area contributed by atoms with Crippen molar-refractivity contribution < 1.29 is 18.7 Å². The van der Waals surface area contributed by atoms with Crippen molar-refractivity contribution in [2.24, 2.45) is 5.41 Å². The highest BCUT2D eigenvalue weighted by atomic mass is 35.5. The molecule has 0 radical (unpaired) electrons. The van der Waals surface area contributed by atoms with Crippen molar-refractivity contribution >= 4 is 17.6 Å². The normalized spacial score (nSPS) is 11.6. The van der Waals surface area contributed by atoms with Crippen LogP contribution in [0, 0.1) is 17.0 Å². The maximum atomic E-state index is 13.0. The van der Waals surface area contributed by atoms with Gasteiger partial charge in [-0.1, -0.05) is 11.6 Å². The van der Waals surface area contributed by atoms with E-state index in [-0.39, 0.29) is 17.0 Å². The second-order valence-electron chi connectivity index (χ2n) is 4.22. The first kappa shape index (κ1) is 12.9. The van der Waals surface area contributed by atoms with Crippen LogP contribution in [0.2, 0.25) is 5.02 Å². The van der Waals surface area contributed by atoms with Gasteiger partial charge in [-0.3, -0.25) is 4.79 Å². The van der Waals surface area contributed by atoms with E-state index in [1.54, 1.807) is 0 Å². The maximum Gasteiger partial charge on any atom is 0.309 e. The molecule has 0 amide bonds. The molecule has 1 aromatic rings. The molecule has 0 saturated heterocycles. The van der Waals surface area contributed by atoms with Gasteiger partial charge in [-0.05, 0) is 38.0 Å². The second-order valence-corrected chi connectivity index (χ2v) is 4.63. The molecular formula is C11H11ClF2O2. The largest absolute Gasteiger partial charge is 0.481 e. The van der Waals surface area contributed by atoms with Crippen molar-refractivity contribution in [1.29, 1.82) is 0 Å². The van der Waals surface area contributed by atoms with Crippen molar-refractivity contribution in [3.05, 3.63) is 34.4 Å². The smallest absolute Gasteiger partial charge is 0.309 e. The van der Waals surface area contributed by atoms with Crippen LogP contribution in [-0.4, -0.2) is 11.1 Å². The number of benzene rings is 1. The predicted octanol–water partition coefficient (Wildman–Crippen LogP) is 3.27.